The van der Waals surface area contributed by atoms with Crippen molar-refractivity contribution in [2.45, 2.75) is 32.2 Å². The minimum absolute atomic E-state index is 0.111. The van der Waals surface area contributed by atoms with E-state index in [1.54, 1.807) is 0 Å². The summed E-state index contributed by atoms with van der Waals surface area (Å²) in [4.78, 5) is 24.7. The van der Waals surface area contributed by atoms with Crippen molar-refractivity contribution in [3.63, 3.8) is 0 Å². The van der Waals surface area contributed by atoms with Gasteiger partial charge in [0, 0.05) is 11.0 Å². The van der Waals surface area contributed by atoms with Gasteiger partial charge in [-0.1, -0.05) is 28.1 Å². The van der Waals surface area contributed by atoms with E-state index < -0.39 is 12.0 Å². The lowest BCUT2D eigenvalue weighted by Gasteiger charge is -2.21. The van der Waals surface area contributed by atoms with Gasteiger partial charge in [-0.25, -0.2) is 4.79 Å². The van der Waals surface area contributed by atoms with Crippen LogP contribution in [0.2, 0.25) is 0 Å². The van der Waals surface area contributed by atoms with E-state index in [4.69, 9.17) is 5.11 Å². The largest absolute Gasteiger partial charge is 0.480 e. The zero-order chi connectivity index (χ0) is 14.0. The van der Waals surface area contributed by atoms with E-state index in [1.165, 1.54) is 4.90 Å². The molecule has 4 nitrogen and oxygen atoms in total. The Morgan fingerprint density at radius 3 is 2.84 bits per heavy atom. The number of rotatable bonds is 3. The van der Waals surface area contributed by atoms with Gasteiger partial charge in [0.05, 0.1) is 6.42 Å². The Labute approximate surface area is 120 Å². The minimum atomic E-state index is -0.907. The van der Waals surface area contributed by atoms with Gasteiger partial charge in [0.1, 0.15) is 6.04 Å². The van der Waals surface area contributed by atoms with Crippen molar-refractivity contribution in [1.29, 1.82) is 0 Å². The molecule has 19 heavy (non-hydrogen) atoms. The molecule has 0 radical (unpaired) electrons. The molecule has 0 aromatic heterocycles. The summed E-state index contributed by atoms with van der Waals surface area (Å²) in [6.07, 6.45) is 1.57. The van der Waals surface area contributed by atoms with E-state index in [9.17, 15) is 9.59 Å². The summed E-state index contributed by atoms with van der Waals surface area (Å²) in [5, 5.41) is 9.08. The van der Waals surface area contributed by atoms with Crippen molar-refractivity contribution in [1.82, 2.24) is 4.90 Å². The van der Waals surface area contributed by atoms with Gasteiger partial charge in [0.15, 0.2) is 0 Å². The standard InChI is InChI=1S/C14H16BrNO3/c1-9-4-5-10(7-11(9)15)8-13(17)16-6-2-3-12(16)14(18)19/h4-5,7,12H,2-3,6,8H2,1H3,(H,18,19)/t12-/m0/s1. The summed E-state index contributed by atoms with van der Waals surface area (Å²) in [5.74, 6) is -1.02. The monoisotopic (exact) mass is 325 g/mol. The lowest BCUT2D eigenvalue weighted by molar-refractivity contribution is -0.148. The quantitative estimate of drug-likeness (QED) is 0.928. The first-order valence-corrected chi connectivity index (χ1v) is 7.05. The first-order valence-electron chi connectivity index (χ1n) is 6.26. The van der Waals surface area contributed by atoms with E-state index in [-0.39, 0.29) is 12.3 Å². The topological polar surface area (TPSA) is 57.6 Å². The van der Waals surface area contributed by atoms with Crippen LogP contribution in [-0.2, 0) is 16.0 Å². The molecule has 0 bridgehead atoms. The molecular weight excluding hydrogens is 310 g/mol. The van der Waals surface area contributed by atoms with E-state index >= 15 is 0 Å². The molecule has 1 fully saturated rings. The number of nitrogens with zero attached hydrogens (tertiary/aromatic N) is 1. The number of benzene rings is 1. The summed E-state index contributed by atoms with van der Waals surface area (Å²) >= 11 is 3.44. The van der Waals surface area contributed by atoms with Gasteiger partial charge < -0.3 is 10.0 Å². The van der Waals surface area contributed by atoms with E-state index in [2.05, 4.69) is 15.9 Å². The molecule has 5 heteroatoms. The molecule has 2 rings (SSSR count). The van der Waals surface area contributed by atoms with E-state index in [0.717, 1.165) is 22.0 Å². The number of carboxylic acids is 1. The summed E-state index contributed by atoms with van der Waals surface area (Å²) in [7, 11) is 0. The van der Waals surface area contributed by atoms with Crippen LogP contribution in [0.15, 0.2) is 22.7 Å². The number of hydrogen-bond donors (Lipinski definition) is 1. The van der Waals surface area contributed by atoms with Crippen LogP contribution in [0.25, 0.3) is 0 Å². The SMILES string of the molecule is Cc1ccc(CC(=O)N2CCC[C@H]2C(=O)O)cc1Br. The van der Waals surface area contributed by atoms with E-state index in [0.29, 0.717) is 13.0 Å². The molecule has 1 atom stereocenters. The number of likely N-dealkylation sites (tertiary alicyclic amines) is 1. The predicted molar refractivity (Wildman–Crippen MR) is 75.0 cm³/mol. The lowest BCUT2D eigenvalue weighted by atomic mass is 10.1. The average molecular weight is 326 g/mol. The number of aryl methyl sites for hydroxylation is 1. The average Bonchev–Trinajstić information content (AvgIpc) is 2.83. The molecular formula is C14H16BrNO3. The normalized spacial score (nSPS) is 18.6. The van der Waals surface area contributed by atoms with Crippen LogP contribution in [0, 0.1) is 6.92 Å². The number of carbonyl (C=O) groups excluding carboxylic acids is 1. The summed E-state index contributed by atoms with van der Waals surface area (Å²) in [5.41, 5.74) is 2.01. The van der Waals surface area contributed by atoms with Crippen LogP contribution >= 0.6 is 15.9 Å². The highest BCUT2D eigenvalue weighted by Gasteiger charge is 2.33. The molecule has 0 aliphatic carbocycles. The molecule has 1 aliphatic rings. The zero-order valence-electron chi connectivity index (χ0n) is 10.7. The van der Waals surface area contributed by atoms with Gasteiger partial charge in [0.2, 0.25) is 5.91 Å². The maximum absolute atomic E-state index is 12.2. The summed E-state index contributed by atoms with van der Waals surface area (Å²) in [6.45, 7) is 2.53. The first-order chi connectivity index (χ1) is 8.99. The second kappa shape index (κ2) is 5.74. The van der Waals surface area contributed by atoms with Crippen molar-refractivity contribution in [2.75, 3.05) is 6.54 Å². The number of carbonyl (C=O) groups is 2. The maximum Gasteiger partial charge on any atom is 0.326 e. The third kappa shape index (κ3) is 3.15. The fourth-order valence-electron chi connectivity index (χ4n) is 2.34. The second-order valence-corrected chi connectivity index (χ2v) is 5.70. The smallest absolute Gasteiger partial charge is 0.326 e. The molecule has 1 aliphatic heterocycles. The van der Waals surface area contributed by atoms with Gasteiger partial charge in [-0.3, -0.25) is 4.79 Å². The Morgan fingerprint density at radius 2 is 2.21 bits per heavy atom. The van der Waals surface area contributed by atoms with Crippen LogP contribution in [-0.4, -0.2) is 34.5 Å². The Balaban J connectivity index is 2.08. The minimum Gasteiger partial charge on any atom is -0.480 e. The molecule has 1 aromatic rings. The highest BCUT2D eigenvalue weighted by atomic mass is 79.9. The number of hydrogen-bond acceptors (Lipinski definition) is 2. The molecule has 0 spiro atoms. The number of carboxylic acid groups (broad SMARTS) is 1. The fourth-order valence-corrected chi connectivity index (χ4v) is 2.77. The van der Waals surface area contributed by atoms with Crippen molar-refractivity contribution >= 4 is 27.8 Å². The van der Waals surface area contributed by atoms with Crippen LogP contribution in [0.1, 0.15) is 24.0 Å². The fraction of sp³-hybridized carbons (Fsp3) is 0.429. The third-order valence-corrected chi connectivity index (χ3v) is 4.30. The molecule has 0 saturated carbocycles. The maximum atomic E-state index is 12.2. The van der Waals surface area contributed by atoms with Crippen LogP contribution < -0.4 is 0 Å². The zero-order valence-corrected chi connectivity index (χ0v) is 12.3. The highest BCUT2D eigenvalue weighted by Crippen LogP contribution is 2.21. The third-order valence-electron chi connectivity index (χ3n) is 3.45. The number of halogens is 1. The highest BCUT2D eigenvalue weighted by molar-refractivity contribution is 9.10. The van der Waals surface area contributed by atoms with Crippen LogP contribution in [0.5, 0.6) is 0 Å². The van der Waals surface area contributed by atoms with Gasteiger partial charge in [0.25, 0.3) is 0 Å². The Bertz CT molecular complexity index is 515. The Kier molecular flexibility index (Phi) is 4.24. The second-order valence-electron chi connectivity index (χ2n) is 4.84. The number of amides is 1. The number of aliphatic carboxylic acids is 1. The molecule has 1 aromatic carbocycles. The lowest BCUT2D eigenvalue weighted by Crippen LogP contribution is -2.41. The van der Waals surface area contributed by atoms with Crippen molar-refractivity contribution in [2.24, 2.45) is 0 Å². The van der Waals surface area contributed by atoms with E-state index in [1.807, 2.05) is 25.1 Å². The van der Waals surface area contributed by atoms with Crippen LogP contribution in [0.4, 0.5) is 0 Å². The molecule has 0 unspecified atom stereocenters. The Morgan fingerprint density at radius 1 is 1.47 bits per heavy atom. The molecule has 1 amide bonds. The van der Waals surface area contributed by atoms with Gasteiger partial charge >= 0.3 is 5.97 Å². The van der Waals surface area contributed by atoms with Gasteiger partial charge in [-0.2, -0.15) is 0 Å². The molecule has 1 saturated heterocycles. The molecule has 1 heterocycles. The van der Waals surface area contributed by atoms with Crippen molar-refractivity contribution in [3.8, 4) is 0 Å². The summed E-state index contributed by atoms with van der Waals surface area (Å²) < 4.78 is 0.967. The Hall–Kier alpha value is -1.36. The van der Waals surface area contributed by atoms with Crippen LogP contribution in [0.3, 0.4) is 0 Å². The van der Waals surface area contributed by atoms with Gasteiger partial charge in [-0.15, -0.1) is 0 Å². The van der Waals surface area contributed by atoms with Crippen molar-refractivity contribution < 1.29 is 14.7 Å². The predicted octanol–water partition coefficient (Wildman–Crippen LogP) is 2.38. The first kappa shape index (κ1) is 14.1. The van der Waals surface area contributed by atoms with Crippen molar-refractivity contribution in [3.05, 3.63) is 33.8 Å². The summed E-state index contributed by atoms with van der Waals surface area (Å²) in [6, 6.07) is 5.12. The molecule has 1 N–H and O–H groups in total. The van der Waals surface area contributed by atoms with Gasteiger partial charge in [-0.05, 0) is 37.0 Å². The molecule has 102 valence electrons.